The minimum absolute atomic E-state index is 0.712. The summed E-state index contributed by atoms with van der Waals surface area (Å²) in [4.78, 5) is 15.2. The molecule has 0 bridgehead atoms. The Bertz CT molecular complexity index is 747. The van der Waals surface area contributed by atoms with Gasteiger partial charge in [0, 0.05) is 31.9 Å². The van der Waals surface area contributed by atoms with E-state index in [0.717, 1.165) is 22.5 Å². The van der Waals surface area contributed by atoms with Crippen LogP contribution in [0.4, 0.5) is 5.82 Å². The van der Waals surface area contributed by atoms with Crippen molar-refractivity contribution in [3.8, 4) is 0 Å². The van der Waals surface area contributed by atoms with Crippen molar-refractivity contribution in [2.45, 2.75) is 13.5 Å². The molecule has 5 heteroatoms. The quantitative estimate of drug-likeness (QED) is 0.730. The molecule has 0 unspecified atom stereocenters. The molecule has 0 amide bonds. The van der Waals surface area contributed by atoms with Gasteiger partial charge in [-0.15, -0.1) is 0 Å². The summed E-state index contributed by atoms with van der Waals surface area (Å²) in [5.41, 5.74) is 2.17. The molecule has 2 aromatic heterocycles. The van der Waals surface area contributed by atoms with Crippen LogP contribution in [-0.4, -0.2) is 26.6 Å². The van der Waals surface area contributed by atoms with Gasteiger partial charge in [0.1, 0.15) is 18.0 Å². The van der Waals surface area contributed by atoms with E-state index < -0.39 is 0 Å². The van der Waals surface area contributed by atoms with Gasteiger partial charge in [-0.1, -0.05) is 11.6 Å². The van der Waals surface area contributed by atoms with Crippen molar-refractivity contribution in [3.63, 3.8) is 0 Å². The Morgan fingerprint density at radius 2 is 2.05 bits per heavy atom. The average Bonchev–Trinajstić information content (AvgIpc) is 2.83. The Labute approximate surface area is 117 Å². The lowest BCUT2D eigenvalue weighted by Crippen LogP contribution is -2.20. The zero-order valence-corrected chi connectivity index (χ0v) is 11.9. The van der Waals surface area contributed by atoms with Crippen molar-refractivity contribution in [3.05, 3.63) is 48.3 Å². The third-order valence-corrected chi connectivity index (χ3v) is 3.43. The summed E-state index contributed by atoms with van der Waals surface area (Å²) in [7, 11) is 4.02. The standard InChI is InChI=1S/C15H17N5/c1-11-4-5-13-12(8-11)15(18-10-17-13)20(3)9-14-16-6-7-19(14)2/h4-8,10H,9H2,1-3H3. The summed E-state index contributed by atoms with van der Waals surface area (Å²) in [6.07, 6.45) is 5.37. The zero-order chi connectivity index (χ0) is 14.1. The Balaban J connectivity index is 2.01. The van der Waals surface area contributed by atoms with E-state index in [-0.39, 0.29) is 0 Å². The fourth-order valence-corrected chi connectivity index (χ4v) is 2.30. The van der Waals surface area contributed by atoms with Crippen LogP contribution in [0.1, 0.15) is 11.4 Å². The normalized spacial score (nSPS) is 10.9. The van der Waals surface area contributed by atoms with Gasteiger partial charge in [0.2, 0.25) is 0 Å². The van der Waals surface area contributed by atoms with Crippen LogP contribution < -0.4 is 4.90 Å². The van der Waals surface area contributed by atoms with E-state index in [0.29, 0.717) is 6.54 Å². The lowest BCUT2D eigenvalue weighted by Gasteiger charge is -2.19. The minimum atomic E-state index is 0.712. The highest BCUT2D eigenvalue weighted by Crippen LogP contribution is 2.23. The number of aromatic nitrogens is 4. The van der Waals surface area contributed by atoms with Crippen LogP contribution in [0.2, 0.25) is 0 Å². The summed E-state index contributed by atoms with van der Waals surface area (Å²) in [5, 5.41) is 1.07. The molecule has 2 heterocycles. The fraction of sp³-hybridized carbons (Fsp3) is 0.267. The summed E-state index contributed by atoms with van der Waals surface area (Å²) in [6.45, 7) is 2.79. The topological polar surface area (TPSA) is 46.8 Å². The van der Waals surface area contributed by atoms with Gasteiger partial charge in [0.05, 0.1) is 12.1 Å². The van der Waals surface area contributed by atoms with Crippen molar-refractivity contribution < 1.29 is 0 Å². The lowest BCUT2D eigenvalue weighted by atomic mass is 10.1. The van der Waals surface area contributed by atoms with Crippen molar-refractivity contribution in [2.75, 3.05) is 11.9 Å². The van der Waals surface area contributed by atoms with Crippen LogP contribution in [0.15, 0.2) is 36.9 Å². The predicted octanol–water partition coefficient (Wildman–Crippen LogP) is 2.31. The van der Waals surface area contributed by atoms with Gasteiger partial charge in [-0.3, -0.25) is 0 Å². The second kappa shape index (κ2) is 4.92. The van der Waals surface area contributed by atoms with E-state index in [1.165, 1.54) is 5.56 Å². The van der Waals surface area contributed by atoms with Crippen LogP contribution in [0, 0.1) is 6.92 Å². The van der Waals surface area contributed by atoms with Gasteiger partial charge < -0.3 is 9.47 Å². The molecule has 0 fully saturated rings. The summed E-state index contributed by atoms with van der Waals surface area (Å²) >= 11 is 0. The minimum Gasteiger partial charge on any atom is -0.352 e. The Hall–Kier alpha value is -2.43. The molecule has 0 atom stereocenters. The molecule has 3 aromatic rings. The molecular formula is C15H17N5. The number of fused-ring (bicyclic) bond motifs is 1. The average molecular weight is 267 g/mol. The van der Waals surface area contributed by atoms with Crippen LogP contribution >= 0.6 is 0 Å². The van der Waals surface area contributed by atoms with Crippen LogP contribution in [-0.2, 0) is 13.6 Å². The van der Waals surface area contributed by atoms with Crippen molar-refractivity contribution >= 4 is 16.7 Å². The monoisotopic (exact) mass is 267 g/mol. The number of aryl methyl sites for hydroxylation is 2. The smallest absolute Gasteiger partial charge is 0.140 e. The molecule has 3 rings (SSSR count). The van der Waals surface area contributed by atoms with E-state index in [9.17, 15) is 0 Å². The van der Waals surface area contributed by atoms with E-state index in [1.54, 1.807) is 6.33 Å². The number of rotatable bonds is 3. The first-order chi connectivity index (χ1) is 9.65. The van der Waals surface area contributed by atoms with Gasteiger partial charge >= 0.3 is 0 Å². The van der Waals surface area contributed by atoms with E-state index in [4.69, 9.17) is 0 Å². The van der Waals surface area contributed by atoms with Gasteiger partial charge in [-0.25, -0.2) is 15.0 Å². The fourth-order valence-electron chi connectivity index (χ4n) is 2.30. The van der Waals surface area contributed by atoms with Crippen LogP contribution in [0.5, 0.6) is 0 Å². The molecule has 0 saturated carbocycles. The van der Waals surface area contributed by atoms with Crippen molar-refractivity contribution in [2.24, 2.45) is 7.05 Å². The molecule has 0 aliphatic carbocycles. The third-order valence-electron chi connectivity index (χ3n) is 3.43. The largest absolute Gasteiger partial charge is 0.352 e. The highest BCUT2D eigenvalue weighted by atomic mass is 15.2. The Kier molecular flexibility index (Phi) is 3.10. The molecule has 1 aromatic carbocycles. The third kappa shape index (κ3) is 2.22. The van der Waals surface area contributed by atoms with Gasteiger partial charge in [-0.2, -0.15) is 0 Å². The maximum Gasteiger partial charge on any atom is 0.140 e. The lowest BCUT2D eigenvalue weighted by molar-refractivity contribution is 0.756. The number of benzene rings is 1. The van der Waals surface area contributed by atoms with Crippen LogP contribution in [0.3, 0.4) is 0 Å². The Morgan fingerprint density at radius 3 is 2.80 bits per heavy atom. The highest BCUT2D eigenvalue weighted by molar-refractivity contribution is 5.89. The van der Waals surface area contributed by atoms with Crippen molar-refractivity contribution in [1.29, 1.82) is 0 Å². The van der Waals surface area contributed by atoms with E-state index >= 15 is 0 Å². The van der Waals surface area contributed by atoms with E-state index in [2.05, 4.69) is 38.9 Å². The summed E-state index contributed by atoms with van der Waals surface area (Å²) in [5.74, 6) is 1.94. The van der Waals surface area contributed by atoms with Gasteiger partial charge in [0.15, 0.2) is 0 Å². The maximum absolute atomic E-state index is 4.44. The number of nitrogens with zero attached hydrogens (tertiary/aromatic N) is 5. The SMILES string of the molecule is Cc1ccc2ncnc(N(C)Cc3nccn3C)c2c1. The molecule has 0 N–H and O–H groups in total. The molecular weight excluding hydrogens is 250 g/mol. The highest BCUT2D eigenvalue weighted by Gasteiger charge is 2.11. The van der Waals surface area contributed by atoms with Gasteiger partial charge in [0.25, 0.3) is 0 Å². The predicted molar refractivity (Wildman–Crippen MR) is 79.6 cm³/mol. The maximum atomic E-state index is 4.44. The molecule has 0 saturated heterocycles. The molecule has 102 valence electrons. The zero-order valence-electron chi connectivity index (χ0n) is 11.9. The second-order valence-corrected chi connectivity index (χ2v) is 5.03. The first kappa shape index (κ1) is 12.6. The first-order valence-corrected chi connectivity index (χ1v) is 6.54. The summed E-state index contributed by atoms with van der Waals surface area (Å²) in [6, 6.07) is 6.22. The number of hydrogen-bond acceptors (Lipinski definition) is 4. The molecule has 0 aliphatic rings. The van der Waals surface area contributed by atoms with E-state index in [1.807, 2.05) is 37.1 Å². The number of imidazole rings is 1. The van der Waals surface area contributed by atoms with Crippen molar-refractivity contribution in [1.82, 2.24) is 19.5 Å². The molecule has 5 nitrogen and oxygen atoms in total. The Morgan fingerprint density at radius 1 is 1.20 bits per heavy atom. The number of anilines is 1. The van der Waals surface area contributed by atoms with Crippen LogP contribution in [0.25, 0.3) is 10.9 Å². The van der Waals surface area contributed by atoms with Gasteiger partial charge in [-0.05, 0) is 19.1 Å². The number of hydrogen-bond donors (Lipinski definition) is 0. The molecule has 20 heavy (non-hydrogen) atoms. The molecule has 0 spiro atoms. The second-order valence-electron chi connectivity index (χ2n) is 5.03. The summed E-state index contributed by atoms with van der Waals surface area (Å²) < 4.78 is 2.02. The molecule has 0 radical (unpaired) electrons. The molecule has 0 aliphatic heterocycles. The first-order valence-electron chi connectivity index (χ1n) is 6.54.